The highest BCUT2D eigenvalue weighted by molar-refractivity contribution is 5.88. The quantitative estimate of drug-likeness (QED) is 0.200. The number of aliphatic hydroxyl groups is 5. The van der Waals surface area contributed by atoms with Crippen LogP contribution in [-0.2, 0) is 9.53 Å². The summed E-state index contributed by atoms with van der Waals surface area (Å²) in [6.45, 7) is 10.6. The number of cyclic esters (lactones) is 1. The van der Waals surface area contributed by atoms with Gasteiger partial charge in [0.15, 0.2) is 0 Å². The van der Waals surface area contributed by atoms with Crippen LogP contribution in [0.1, 0.15) is 61.3 Å². The zero-order valence-corrected chi connectivity index (χ0v) is 19.0. The van der Waals surface area contributed by atoms with Crippen LogP contribution in [0.5, 0.6) is 0 Å². The molecule has 10 atom stereocenters. The molecule has 1 saturated heterocycles. The summed E-state index contributed by atoms with van der Waals surface area (Å²) < 4.78 is 5.44. The Balaban J connectivity index is 3.50. The first-order valence-corrected chi connectivity index (χ1v) is 10.5. The van der Waals surface area contributed by atoms with Gasteiger partial charge in [0.25, 0.3) is 0 Å². The van der Waals surface area contributed by atoms with E-state index in [1.807, 2.05) is 0 Å². The highest BCUT2D eigenvalue weighted by Gasteiger charge is 2.48. The van der Waals surface area contributed by atoms with E-state index in [4.69, 9.17) is 4.74 Å². The molecule has 0 aromatic heterocycles. The number of hydrogen-bond acceptors (Lipinski definition) is 9. The second-order valence-corrected chi connectivity index (χ2v) is 9.36. The van der Waals surface area contributed by atoms with Crippen LogP contribution < -0.4 is 0 Å². The fourth-order valence-corrected chi connectivity index (χ4v) is 4.55. The van der Waals surface area contributed by atoms with Crippen LogP contribution in [-0.4, -0.2) is 78.0 Å². The number of esters is 1. The van der Waals surface area contributed by atoms with E-state index in [1.165, 1.54) is 27.7 Å². The Hall–Kier alpha value is -1.26. The maximum Gasteiger partial charge on any atom is 0.311 e. The Morgan fingerprint density at radius 1 is 1.03 bits per heavy atom. The van der Waals surface area contributed by atoms with E-state index in [0.29, 0.717) is 0 Å². The first kappa shape index (κ1) is 26.8. The smallest absolute Gasteiger partial charge is 0.311 e. The third-order valence-electron chi connectivity index (χ3n) is 6.72. The van der Waals surface area contributed by atoms with E-state index in [2.05, 4.69) is 5.16 Å². The van der Waals surface area contributed by atoms with E-state index < -0.39 is 65.3 Å². The van der Waals surface area contributed by atoms with E-state index in [1.54, 1.807) is 20.8 Å². The number of oxime groups is 1. The second-order valence-electron chi connectivity index (χ2n) is 9.36. The summed E-state index contributed by atoms with van der Waals surface area (Å²) in [4.78, 5) is 12.6. The SMILES string of the molecule is CCC1OC(=O)C(C)C(O)C(C)C(O)C(C)(O)CC(C)C(=NO)C(C)C(O)C1(C)O. The van der Waals surface area contributed by atoms with Gasteiger partial charge in [-0.15, -0.1) is 0 Å². The molecule has 10 unspecified atom stereocenters. The van der Waals surface area contributed by atoms with Gasteiger partial charge in [-0.25, -0.2) is 0 Å². The van der Waals surface area contributed by atoms with Crippen LogP contribution in [0.2, 0.25) is 0 Å². The van der Waals surface area contributed by atoms with E-state index >= 15 is 0 Å². The molecule has 1 heterocycles. The zero-order valence-electron chi connectivity index (χ0n) is 19.0. The molecule has 1 aliphatic heterocycles. The van der Waals surface area contributed by atoms with Gasteiger partial charge in [0.2, 0.25) is 0 Å². The lowest BCUT2D eigenvalue weighted by molar-refractivity contribution is -0.191. The Labute approximate surface area is 178 Å². The minimum absolute atomic E-state index is 0.0418. The molecule has 9 heteroatoms. The summed E-state index contributed by atoms with van der Waals surface area (Å²) in [7, 11) is 0. The number of aliphatic hydroxyl groups excluding tert-OH is 3. The highest BCUT2D eigenvalue weighted by Crippen LogP contribution is 2.34. The number of carbonyl (C=O) groups is 1. The first-order valence-electron chi connectivity index (χ1n) is 10.5. The minimum Gasteiger partial charge on any atom is -0.459 e. The van der Waals surface area contributed by atoms with Crippen LogP contribution in [0.25, 0.3) is 0 Å². The van der Waals surface area contributed by atoms with Crippen molar-refractivity contribution in [3.63, 3.8) is 0 Å². The van der Waals surface area contributed by atoms with E-state index in [9.17, 15) is 35.5 Å². The zero-order chi connectivity index (χ0) is 23.6. The van der Waals surface area contributed by atoms with Crippen LogP contribution in [0.3, 0.4) is 0 Å². The van der Waals surface area contributed by atoms with Crippen molar-refractivity contribution in [2.75, 3.05) is 0 Å². The number of nitrogens with zero attached hydrogens (tertiary/aromatic N) is 1. The maximum atomic E-state index is 12.6. The Morgan fingerprint density at radius 2 is 1.57 bits per heavy atom. The molecule has 1 aliphatic rings. The van der Waals surface area contributed by atoms with Gasteiger partial charge in [-0.05, 0) is 33.6 Å². The van der Waals surface area contributed by atoms with Crippen LogP contribution in [0.4, 0.5) is 0 Å². The Morgan fingerprint density at radius 3 is 2.03 bits per heavy atom. The molecule has 0 aromatic rings. The van der Waals surface area contributed by atoms with Gasteiger partial charge in [0.1, 0.15) is 11.7 Å². The van der Waals surface area contributed by atoms with Crippen molar-refractivity contribution in [3.8, 4) is 0 Å². The molecule has 6 N–H and O–H groups in total. The summed E-state index contributed by atoms with van der Waals surface area (Å²) in [5.41, 5.74) is -3.44. The van der Waals surface area contributed by atoms with Gasteiger partial charge in [-0.1, -0.05) is 32.9 Å². The molecule has 176 valence electrons. The molecule has 9 nitrogen and oxygen atoms in total. The predicted molar refractivity (Wildman–Crippen MR) is 110 cm³/mol. The molecular formula is C21H39NO8. The number of rotatable bonds is 1. The lowest BCUT2D eigenvalue weighted by Gasteiger charge is -2.42. The summed E-state index contributed by atoms with van der Waals surface area (Å²) in [6.07, 6.45) is -5.11. The molecule has 1 fully saturated rings. The first-order chi connectivity index (χ1) is 13.6. The van der Waals surface area contributed by atoms with Crippen molar-refractivity contribution in [1.29, 1.82) is 0 Å². The Bertz CT molecular complexity index is 620. The van der Waals surface area contributed by atoms with Crippen LogP contribution >= 0.6 is 0 Å². The van der Waals surface area contributed by atoms with Gasteiger partial charge in [-0.3, -0.25) is 4.79 Å². The molecule has 0 bridgehead atoms. The largest absolute Gasteiger partial charge is 0.459 e. The van der Waals surface area contributed by atoms with Gasteiger partial charge < -0.3 is 35.5 Å². The van der Waals surface area contributed by atoms with E-state index in [-0.39, 0.29) is 18.6 Å². The normalized spacial score (nSPS) is 48.8. The number of carbonyl (C=O) groups excluding carboxylic acids is 1. The topological polar surface area (TPSA) is 160 Å². The fraction of sp³-hybridized carbons (Fsp3) is 0.905. The van der Waals surface area contributed by atoms with E-state index in [0.717, 1.165) is 0 Å². The number of hydrogen-bond donors (Lipinski definition) is 6. The summed E-state index contributed by atoms with van der Waals surface area (Å²) >= 11 is 0. The molecule has 0 spiro atoms. The molecule has 0 aromatic carbocycles. The number of ether oxygens (including phenoxy) is 1. The van der Waals surface area contributed by atoms with Crippen molar-refractivity contribution >= 4 is 11.7 Å². The molecule has 0 amide bonds. The van der Waals surface area contributed by atoms with Gasteiger partial charge in [0, 0.05) is 17.8 Å². The van der Waals surface area contributed by atoms with Crippen molar-refractivity contribution in [2.24, 2.45) is 28.8 Å². The second kappa shape index (κ2) is 9.91. The average molecular weight is 434 g/mol. The Kier molecular flexibility index (Phi) is 8.84. The van der Waals surface area contributed by atoms with Gasteiger partial charge in [-0.2, -0.15) is 0 Å². The van der Waals surface area contributed by atoms with Crippen molar-refractivity contribution in [2.45, 2.75) is 96.9 Å². The molecule has 1 rings (SSSR count). The molecule has 0 saturated carbocycles. The minimum atomic E-state index is -1.87. The van der Waals surface area contributed by atoms with Crippen molar-refractivity contribution in [3.05, 3.63) is 0 Å². The lowest BCUT2D eigenvalue weighted by atomic mass is 9.74. The van der Waals surface area contributed by atoms with Crippen LogP contribution in [0, 0.1) is 23.7 Å². The molecule has 0 radical (unpaired) electrons. The molecular weight excluding hydrogens is 394 g/mol. The third kappa shape index (κ3) is 5.31. The van der Waals surface area contributed by atoms with Crippen LogP contribution in [0.15, 0.2) is 5.16 Å². The maximum absolute atomic E-state index is 12.6. The van der Waals surface area contributed by atoms with Gasteiger partial charge in [0.05, 0.1) is 35.5 Å². The monoisotopic (exact) mass is 433 g/mol. The fourth-order valence-electron chi connectivity index (χ4n) is 4.55. The average Bonchev–Trinajstić information content (AvgIpc) is 2.67. The lowest BCUT2D eigenvalue weighted by Crippen LogP contribution is -2.57. The summed E-state index contributed by atoms with van der Waals surface area (Å²) in [5, 5.41) is 67.0. The summed E-state index contributed by atoms with van der Waals surface area (Å²) in [5.74, 6) is -4.14. The van der Waals surface area contributed by atoms with Gasteiger partial charge >= 0.3 is 5.97 Å². The van der Waals surface area contributed by atoms with Crippen molar-refractivity contribution < 1.29 is 40.3 Å². The highest BCUT2D eigenvalue weighted by atomic mass is 16.6. The standard InChI is InChI=1S/C21H39NO8/c1-8-14-21(7,28)18(25)11(3)15(22-29)10(2)9-20(6,27)17(24)12(4)16(23)13(5)19(26)30-14/h10-14,16-18,23-25,27-29H,8-9H2,1-7H3. The third-order valence-corrected chi connectivity index (χ3v) is 6.72. The molecule has 30 heavy (non-hydrogen) atoms. The summed E-state index contributed by atoms with van der Waals surface area (Å²) in [6, 6.07) is 0. The molecule has 0 aliphatic carbocycles. The van der Waals surface area contributed by atoms with Crippen molar-refractivity contribution in [1.82, 2.24) is 0 Å². The predicted octanol–water partition coefficient (Wildman–Crippen LogP) is 0.671.